The first kappa shape index (κ1) is 15.7. The minimum absolute atomic E-state index is 0.0218. The van der Waals surface area contributed by atoms with Crippen molar-refractivity contribution in [1.29, 1.82) is 0 Å². The number of amides is 1. The first-order valence-corrected chi connectivity index (χ1v) is 8.46. The minimum atomic E-state index is -0.0218. The van der Waals surface area contributed by atoms with Crippen molar-refractivity contribution in [3.05, 3.63) is 47.2 Å². The van der Waals surface area contributed by atoms with Crippen LogP contribution in [0.3, 0.4) is 0 Å². The molecule has 0 saturated heterocycles. The van der Waals surface area contributed by atoms with Crippen LogP contribution in [0.5, 0.6) is 0 Å². The predicted octanol–water partition coefficient (Wildman–Crippen LogP) is 3.18. The van der Waals surface area contributed by atoms with E-state index in [1.807, 2.05) is 50.0 Å². The first-order chi connectivity index (χ1) is 11.1. The normalized spacial score (nSPS) is 12.5. The summed E-state index contributed by atoms with van der Waals surface area (Å²) in [6, 6.07) is 9.99. The highest BCUT2D eigenvalue weighted by atomic mass is 32.1. The Morgan fingerprint density at radius 3 is 2.83 bits per heavy atom. The van der Waals surface area contributed by atoms with Crippen molar-refractivity contribution in [3.63, 3.8) is 0 Å². The lowest BCUT2D eigenvalue weighted by Gasteiger charge is -2.23. The molecule has 0 spiro atoms. The predicted molar refractivity (Wildman–Crippen MR) is 92.3 cm³/mol. The second kappa shape index (κ2) is 6.50. The molecular weight excluding hydrogens is 308 g/mol. The lowest BCUT2D eigenvalue weighted by Crippen LogP contribution is -2.29. The van der Waals surface area contributed by atoms with E-state index in [1.165, 1.54) is 0 Å². The van der Waals surface area contributed by atoms with Gasteiger partial charge in [0.1, 0.15) is 5.01 Å². The monoisotopic (exact) mass is 328 g/mol. The molecule has 0 N–H and O–H groups in total. The molecule has 2 heterocycles. The van der Waals surface area contributed by atoms with Crippen LogP contribution in [0.25, 0.3) is 10.2 Å². The molecule has 0 radical (unpaired) electrons. The Labute approximate surface area is 139 Å². The second-order valence-corrected chi connectivity index (χ2v) is 6.71. The molecule has 1 amide bonds. The number of rotatable bonds is 5. The Hall–Kier alpha value is -2.21. The topological polar surface area (TPSA) is 51.0 Å². The number of fused-ring (bicyclic) bond motifs is 1. The lowest BCUT2D eigenvalue weighted by molar-refractivity contribution is -0.131. The molecule has 0 aliphatic heterocycles. The van der Waals surface area contributed by atoms with Crippen LogP contribution in [0.4, 0.5) is 0 Å². The molecule has 0 bridgehead atoms. The van der Waals surface area contributed by atoms with Gasteiger partial charge in [-0.15, -0.1) is 11.3 Å². The van der Waals surface area contributed by atoms with Crippen LogP contribution < -0.4 is 0 Å². The van der Waals surface area contributed by atoms with E-state index < -0.39 is 0 Å². The molecule has 6 heteroatoms. The zero-order valence-corrected chi connectivity index (χ0v) is 14.4. The quantitative estimate of drug-likeness (QED) is 0.723. The number of carbonyl (C=O) groups excluding carboxylic acids is 1. The van der Waals surface area contributed by atoms with Crippen LogP contribution in [-0.2, 0) is 18.3 Å². The molecule has 1 atom stereocenters. The molecule has 0 fully saturated rings. The fourth-order valence-corrected chi connectivity index (χ4v) is 3.57. The number of benzene rings is 1. The van der Waals surface area contributed by atoms with E-state index in [-0.39, 0.29) is 11.9 Å². The zero-order valence-electron chi connectivity index (χ0n) is 13.6. The maximum absolute atomic E-state index is 12.5. The number of para-hydroxylation sites is 1. The third-order valence-electron chi connectivity index (χ3n) is 4.16. The third-order valence-corrected chi connectivity index (χ3v) is 5.37. The van der Waals surface area contributed by atoms with E-state index in [0.717, 1.165) is 20.9 Å². The Morgan fingerprint density at radius 1 is 1.35 bits per heavy atom. The van der Waals surface area contributed by atoms with Crippen LogP contribution in [0.15, 0.2) is 36.5 Å². The molecule has 0 saturated carbocycles. The molecule has 3 aromatic rings. The highest BCUT2D eigenvalue weighted by molar-refractivity contribution is 7.18. The van der Waals surface area contributed by atoms with Gasteiger partial charge in [-0.05, 0) is 31.5 Å². The van der Waals surface area contributed by atoms with Crippen molar-refractivity contribution in [3.8, 4) is 0 Å². The molecule has 23 heavy (non-hydrogen) atoms. The van der Waals surface area contributed by atoms with E-state index in [0.29, 0.717) is 12.8 Å². The maximum Gasteiger partial charge on any atom is 0.223 e. The third kappa shape index (κ3) is 3.27. The van der Waals surface area contributed by atoms with Gasteiger partial charge in [-0.2, -0.15) is 5.10 Å². The van der Waals surface area contributed by atoms with E-state index in [9.17, 15) is 4.79 Å². The standard InChI is InChI=1S/C17H20N4OS/c1-12(17-19-14-6-4-5-7-15(14)23-17)20(2)16(22)9-8-13-10-11-18-21(13)3/h4-7,10-12H,8-9H2,1-3H3/t12-/m0/s1. The van der Waals surface area contributed by atoms with Crippen LogP contribution >= 0.6 is 11.3 Å². The number of thiazole rings is 1. The Bertz CT molecular complexity index is 790. The largest absolute Gasteiger partial charge is 0.337 e. The molecule has 0 unspecified atom stereocenters. The van der Waals surface area contributed by atoms with Gasteiger partial charge in [-0.25, -0.2) is 4.98 Å². The lowest BCUT2D eigenvalue weighted by atomic mass is 10.2. The average molecular weight is 328 g/mol. The van der Waals surface area contributed by atoms with Crippen molar-refractivity contribution in [2.75, 3.05) is 7.05 Å². The highest BCUT2D eigenvalue weighted by Crippen LogP contribution is 2.29. The molecule has 1 aromatic carbocycles. The fourth-order valence-electron chi connectivity index (χ4n) is 2.51. The van der Waals surface area contributed by atoms with E-state index >= 15 is 0 Å². The first-order valence-electron chi connectivity index (χ1n) is 7.64. The van der Waals surface area contributed by atoms with Crippen molar-refractivity contribution in [2.24, 2.45) is 7.05 Å². The van der Waals surface area contributed by atoms with Crippen LogP contribution in [0.2, 0.25) is 0 Å². The summed E-state index contributed by atoms with van der Waals surface area (Å²) in [4.78, 5) is 18.9. The average Bonchev–Trinajstić information content (AvgIpc) is 3.17. The maximum atomic E-state index is 12.5. The molecule has 2 aromatic heterocycles. The SMILES string of the molecule is C[C@@H](c1nc2ccccc2s1)N(C)C(=O)CCc1ccnn1C. The highest BCUT2D eigenvalue weighted by Gasteiger charge is 2.20. The van der Waals surface area contributed by atoms with Gasteiger partial charge in [0.25, 0.3) is 0 Å². The summed E-state index contributed by atoms with van der Waals surface area (Å²) in [5.74, 6) is 0.123. The molecular formula is C17H20N4OS. The summed E-state index contributed by atoms with van der Waals surface area (Å²) in [7, 11) is 3.75. The van der Waals surface area contributed by atoms with Crippen molar-refractivity contribution >= 4 is 27.5 Å². The van der Waals surface area contributed by atoms with Crippen LogP contribution in [0, 0.1) is 0 Å². The summed E-state index contributed by atoms with van der Waals surface area (Å²) in [5.41, 5.74) is 2.06. The molecule has 5 nitrogen and oxygen atoms in total. The van der Waals surface area contributed by atoms with Gasteiger partial charge in [0, 0.05) is 32.4 Å². The number of aromatic nitrogens is 3. The Kier molecular flexibility index (Phi) is 4.43. The van der Waals surface area contributed by atoms with Gasteiger partial charge in [-0.3, -0.25) is 9.48 Å². The summed E-state index contributed by atoms with van der Waals surface area (Å²) < 4.78 is 2.97. The smallest absolute Gasteiger partial charge is 0.223 e. The number of hydrogen-bond acceptors (Lipinski definition) is 4. The van der Waals surface area contributed by atoms with Gasteiger partial charge in [0.15, 0.2) is 0 Å². The Morgan fingerprint density at radius 2 is 2.13 bits per heavy atom. The van der Waals surface area contributed by atoms with E-state index in [1.54, 1.807) is 22.4 Å². The summed E-state index contributed by atoms with van der Waals surface area (Å²) in [5, 5.41) is 5.10. The van der Waals surface area contributed by atoms with E-state index in [4.69, 9.17) is 0 Å². The van der Waals surface area contributed by atoms with Crippen LogP contribution in [-0.4, -0.2) is 32.6 Å². The van der Waals surface area contributed by atoms with Crippen molar-refractivity contribution < 1.29 is 4.79 Å². The van der Waals surface area contributed by atoms with E-state index in [2.05, 4.69) is 16.1 Å². The van der Waals surface area contributed by atoms with Gasteiger partial charge < -0.3 is 4.90 Å². The van der Waals surface area contributed by atoms with Crippen LogP contribution in [0.1, 0.15) is 30.1 Å². The number of carbonyl (C=O) groups is 1. The van der Waals surface area contributed by atoms with Gasteiger partial charge in [0.2, 0.25) is 5.91 Å². The fraction of sp³-hybridized carbons (Fsp3) is 0.353. The number of aryl methyl sites for hydroxylation is 2. The number of hydrogen-bond donors (Lipinski definition) is 0. The minimum Gasteiger partial charge on any atom is -0.337 e. The summed E-state index contributed by atoms with van der Waals surface area (Å²) in [6.45, 7) is 2.03. The molecule has 120 valence electrons. The Balaban J connectivity index is 1.67. The van der Waals surface area contributed by atoms with Gasteiger partial charge in [0.05, 0.1) is 16.3 Å². The summed E-state index contributed by atoms with van der Waals surface area (Å²) >= 11 is 1.65. The van der Waals surface area contributed by atoms with Gasteiger partial charge in [-0.1, -0.05) is 12.1 Å². The van der Waals surface area contributed by atoms with Gasteiger partial charge >= 0.3 is 0 Å². The molecule has 0 aliphatic rings. The van der Waals surface area contributed by atoms with Crippen molar-refractivity contribution in [1.82, 2.24) is 19.7 Å². The molecule has 3 rings (SSSR count). The zero-order chi connectivity index (χ0) is 16.4. The second-order valence-electron chi connectivity index (χ2n) is 5.65. The summed E-state index contributed by atoms with van der Waals surface area (Å²) in [6.07, 6.45) is 2.94. The number of nitrogens with zero attached hydrogens (tertiary/aromatic N) is 4. The van der Waals surface area contributed by atoms with Crippen molar-refractivity contribution in [2.45, 2.75) is 25.8 Å². The molecule has 0 aliphatic carbocycles.